The van der Waals surface area contributed by atoms with Crippen LogP contribution in [0.25, 0.3) is 22.3 Å². The lowest BCUT2D eigenvalue weighted by molar-refractivity contribution is -0.141. The number of nitrogens with one attached hydrogen (secondary N) is 4. The molecule has 0 spiro atoms. The Morgan fingerprint density at radius 2 is 1.46 bits per heavy atom. The summed E-state index contributed by atoms with van der Waals surface area (Å²) in [5, 5.41) is 21.3. The van der Waals surface area contributed by atoms with Crippen LogP contribution in [0.1, 0.15) is 67.6 Å². The first kappa shape index (κ1) is 49.7. The van der Waals surface area contributed by atoms with Crippen LogP contribution in [0.2, 0.25) is 5.02 Å². The SMILES string of the molecule is CC(=O)[C@H](C)NC(=O)[C@@H]1Cc2ccc(OCCO)c(c2)-c2cc(ccc2OCCN)C(N(C)C(=O)[C@H](CCCCN)NC(=O)c2ccc(-c3ccc(Cl)cc3)cc2)C(=O)N[C@@H](C)C(=O)N1. The minimum Gasteiger partial charge on any atom is -0.492 e. The molecule has 0 saturated carbocycles. The average Bonchev–Trinajstić information content (AvgIpc) is 3.29. The van der Waals surface area contributed by atoms with Crippen LogP contribution in [0, 0.1) is 0 Å². The lowest BCUT2D eigenvalue weighted by Crippen LogP contribution is -2.56. The van der Waals surface area contributed by atoms with Crippen molar-refractivity contribution in [1.29, 1.82) is 0 Å². The second-order valence-electron chi connectivity index (χ2n) is 15.9. The smallest absolute Gasteiger partial charge is 0.251 e. The second-order valence-corrected chi connectivity index (χ2v) is 16.3. The third kappa shape index (κ3) is 13.1. The van der Waals surface area contributed by atoms with Gasteiger partial charge in [-0.15, -0.1) is 0 Å². The number of aliphatic hydroxyl groups excluding tert-OH is 1. The van der Waals surface area contributed by atoms with Crippen LogP contribution in [-0.4, -0.2) is 109 Å². The minimum absolute atomic E-state index is 0.0293. The van der Waals surface area contributed by atoms with E-state index < -0.39 is 59.7 Å². The van der Waals surface area contributed by atoms with E-state index in [4.69, 9.17) is 32.5 Å². The molecule has 1 unspecified atom stereocenters. The predicted molar refractivity (Wildman–Crippen MR) is 247 cm³/mol. The van der Waals surface area contributed by atoms with E-state index >= 15 is 0 Å². The lowest BCUT2D eigenvalue weighted by atomic mass is 9.93. The summed E-state index contributed by atoms with van der Waals surface area (Å²) in [6.45, 7) is 4.59. The molecule has 5 atom stereocenters. The van der Waals surface area contributed by atoms with Gasteiger partial charge in [-0.25, -0.2) is 0 Å². The number of Topliss-reactive ketones (excluding diaryl/α,β-unsaturated/α-hetero) is 1. The molecule has 0 aromatic heterocycles. The molecule has 346 valence electrons. The number of hydrogen-bond acceptors (Lipinski definition) is 11. The van der Waals surface area contributed by atoms with Gasteiger partial charge in [-0.3, -0.25) is 28.8 Å². The van der Waals surface area contributed by atoms with Crippen molar-refractivity contribution >= 4 is 46.9 Å². The number of halogens is 1. The van der Waals surface area contributed by atoms with Gasteiger partial charge in [0.1, 0.15) is 48.9 Å². The van der Waals surface area contributed by atoms with E-state index in [1.807, 2.05) is 12.1 Å². The molecule has 0 saturated heterocycles. The number of benzene rings is 4. The zero-order chi connectivity index (χ0) is 47.2. The molecular formula is C48H58ClN7O9. The van der Waals surface area contributed by atoms with Gasteiger partial charge in [-0.2, -0.15) is 0 Å². The van der Waals surface area contributed by atoms with Gasteiger partial charge in [0.15, 0.2) is 5.78 Å². The maximum Gasteiger partial charge on any atom is 0.251 e. The van der Waals surface area contributed by atoms with E-state index in [1.165, 1.54) is 32.7 Å². The van der Waals surface area contributed by atoms with Gasteiger partial charge in [0, 0.05) is 41.7 Å². The molecule has 5 amide bonds. The first-order valence-corrected chi connectivity index (χ1v) is 21.9. The highest BCUT2D eigenvalue weighted by molar-refractivity contribution is 6.30. The molecule has 4 aromatic carbocycles. The number of hydrogen-bond donors (Lipinski definition) is 7. The largest absolute Gasteiger partial charge is 0.492 e. The highest BCUT2D eigenvalue weighted by atomic mass is 35.5. The van der Waals surface area contributed by atoms with Crippen LogP contribution in [0.5, 0.6) is 11.5 Å². The number of amides is 5. The summed E-state index contributed by atoms with van der Waals surface area (Å²) in [6.07, 6.45) is 1.21. The number of ketones is 1. The number of carbonyl (C=O) groups excluding carboxylic acids is 6. The van der Waals surface area contributed by atoms with Crippen LogP contribution in [0.3, 0.4) is 0 Å². The molecule has 4 aromatic rings. The summed E-state index contributed by atoms with van der Waals surface area (Å²) in [4.78, 5) is 84.1. The van der Waals surface area contributed by atoms with Crippen molar-refractivity contribution in [2.75, 3.05) is 40.0 Å². The Morgan fingerprint density at radius 3 is 2.09 bits per heavy atom. The summed E-state index contributed by atoms with van der Waals surface area (Å²) in [5.74, 6) is -2.81. The average molecular weight is 912 g/mol. The summed E-state index contributed by atoms with van der Waals surface area (Å²) >= 11 is 6.07. The number of nitrogens with two attached hydrogens (primary N) is 2. The van der Waals surface area contributed by atoms with Crippen molar-refractivity contribution < 1.29 is 43.3 Å². The van der Waals surface area contributed by atoms with E-state index in [-0.39, 0.29) is 45.0 Å². The van der Waals surface area contributed by atoms with Crippen molar-refractivity contribution in [1.82, 2.24) is 26.2 Å². The zero-order valence-electron chi connectivity index (χ0n) is 37.0. The Balaban J connectivity index is 1.59. The molecule has 1 heterocycles. The van der Waals surface area contributed by atoms with E-state index in [0.29, 0.717) is 63.7 Å². The normalized spacial score (nSPS) is 17.0. The Kier molecular flexibility index (Phi) is 18.0. The number of fused-ring (bicyclic) bond motifs is 5. The van der Waals surface area contributed by atoms with E-state index in [1.54, 1.807) is 72.8 Å². The summed E-state index contributed by atoms with van der Waals surface area (Å²) in [6, 6.07) is 18.5. The molecule has 5 rings (SSSR count). The number of ether oxygens (including phenoxy) is 2. The number of carbonyl (C=O) groups is 6. The first-order valence-electron chi connectivity index (χ1n) is 21.5. The predicted octanol–water partition coefficient (Wildman–Crippen LogP) is 3.45. The molecule has 17 heteroatoms. The fourth-order valence-electron chi connectivity index (χ4n) is 7.31. The Hall–Kier alpha value is -6.33. The van der Waals surface area contributed by atoms with Crippen LogP contribution < -0.4 is 42.2 Å². The molecule has 0 radical (unpaired) electrons. The molecule has 65 heavy (non-hydrogen) atoms. The van der Waals surface area contributed by atoms with E-state index in [9.17, 15) is 33.9 Å². The molecule has 0 aliphatic carbocycles. The Morgan fingerprint density at radius 1 is 0.831 bits per heavy atom. The van der Waals surface area contributed by atoms with Crippen LogP contribution in [0.4, 0.5) is 0 Å². The van der Waals surface area contributed by atoms with Crippen LogP contribution >= 0.6 is 11.6 Å². The molecule has 9 N–H and O–H groups in total. The standard InChI is InChI=1S/C48H58ClN7O9/c1-28(30(3)58)52-46(61)40-26-31-8-18-41(65-24-22-57)37(25-31)38-27-35(15-19-42(38)64-23-21-51)43(47(62)53-29(2)44(59)55-40)56(4)48(63)39(7-5-6-20-50)54-45(60)34-11-9-32(10-12-34)33-13-16-36(49)17-14-33/h8-19,25,27-29,39-40,43,57H,5-7,20-24,26,50-51H2,1-4H3,(H,52,61)(H,53,62)(H,54,60)(H,55,59)/t28-,29-,39-,40-,43?/m0/s1. The van der Waals surface area contributed by atoms with E-state index in [0.717, 1.165) is 11.1 Å². The molecule has 1 aliphatic rings. The first-order chi connectivity index (χ1) is 31.1. The molecule has 0 fully saturated rings. The summed E-state index contributed by atoms with van der Waals surface area (Å²) in [7, 11) is 1.44. The van der Waals surface area contributed by atoms with Gasteiger partial charge < -0.3 is 52.2 Å². The Labute approximate surface area is 383 Å². The van der Waals surface area contributed by atoms with Gasteiger partial charge in [-0.05, 0) is 117 Å². The van der Waals surface area contributed by atoms with Crippen molar-refractivity contribution in [2.45, 2.75) is 76.7 Å². The van der Waals surface area contributed by atoms with Crippen molar-refractivity contribution in [3.63, 3.8) is 0 Å². The minimum atomic E-state index is -1.39. The van der Waals surface area contributed by atoms with Crippen molar-refractivity contribution in [2.24, 2.45) is 11.5 Å². The van der Waals surface area contributed by atoms with Crippen LogP contribution in [-0.2, 0) is 30.4 Å². The number of nitrogens with zero attached hydrogens (tertiary/aromatic N) is 1. The topological polar surface area (TPSA) is 245 Å². The molecule has 1 aliphatic heterocycles. The third-order valence-electron chi connectivity index (χ3n) is 11.0. The number of rotatable bonds is 18. The van der Waals surface area contributed by atoms with Crippen molar-refractivity contribution in [3.8, 4) is 33.8 Å². The third-order valence-corrected chi connectivity index (χ3v) is 11.3. The number of aliphatic hydroxyl groups is 1. The molecule has 4 bridgehead atoms. The zero-order valence-corrected chi connectivity index (χ0v) is 37.8. The van der Waals surface area contributed by atoms with Gasteiger partial charge in [0.25, 0.3) is 5.91 Å². The second kappa shape index (κ2) is 23.6. The number of likely N-dealkylation sites (N-methyl/N-ethyl adjacent to an activating group) is 1. The van der Waals surface area contributed by atoms with Crippen LogP contribution in [0.15, 0.2) is 84.9 Å². The quantitative estimate of drug-likeness (QED) is 0.0713. The monoisotopic (exact) mass is 911 g/mol. The van der Waals surface area contributed by atoms with Gasteiger partial charge in [0.05, 0.1) is 12.6 Å². The highest BCUT2D eigenvalue weighted by Gasteiger charge is 2.36. The maximum atomic E-state index is 14.8. The fourth-order valence-corrected chi connectivity index (χ4v) is 7.43. The summed E-state index contributed by atoms with van der Waals surface area (Å²) < 4.78 is 12.1. The fraction of sp³-hybridized carbons (Fsp3) is 0.375. The van der Waals surface area contributed by atoms with E-state index in [2.05, 4.69) is 21.3 Å². The maximum absolute atomic E-state index is 14.8. The summed E-state index contributed by atoms with van der Waals surface area (Å²) in [5.41, 5.74) is 15.5. The van der Waals surface area contributed by atoms with Gasteiger partial charge in [-0.1, -0.05) is 48.0 Å². The lowest BCUT2D eigenvalue weighted by Gasteiger charge is -2.33. The highest BCUT2D eigenvalue weighted by Crippen LogP contribution is 2.40. The van der Waals surface area contributed by atoms with Crippen molar-refractivity contribution in [3.05, 3.63) is 107 Å². The molecular weight excluding hydrogens is 854 g/mol. The van der Waals surface area contributed by atoms with Gasteiger partial charge in [0.2, 0.25) is 23.6 Å². The van der Waals surface area contributed by atoms with Gasteiger partial charge >= 0.3 is 0 Å². The molecule has 16 nitrogen and oxygen atoms in total. The number of unbranched alkanes of at least 4 members (excludes halogenated alkanes) is 1. The Bertz CT molecular complexity index is 2330.